The van der Waals surface area contributed by atoms with Gasteiger partial charge in [0, 0.05) is 32.3 Å². The summed E-state index contributed by atoms with van der Waals surface area (Å²) in [6.07, 6.45) is 6.15. The number of imidazole rings is 1. The number of benzene rings is 1. The second-order valence-electron chi connectivity index (χ2n) is 6.87. The van der Waals surface area contributed by atoms with E-state index in [1.54, 1.807) is 0 Å². The summed E-state index contributed by atoms with van der Waals surface area (Å²) in [6.45, 7) is 2.15. The predicted molar refractivity (Wildman–Crippen MR) is 92.9 cm³/mol. The van der Waals surface area contributed by atoms with Crippen LogP contribution in [0.5, 0.6) is 0 Å². The molecule has 130 valence electrons. The van der Waals surface area contributed by atoms with Crippen LogP contribution >= 0.6 is 0 Å². The van der Waals surface area contributed by atoms with Gasteiger partial charge in [0.15, 0.2) is 0 Å². The molecule has 0 bridgehead atoms. The number of amides is 2. The fourth-order valence-corrected chi connectivity index (χ4v) is 3.89. The van der Waals surface area contributed by atoms with E-state index < -0.39 is 0 Å². The lowest BCUT2D eigenvalue weighted by Gasteiger charge is -2.29. The highest BCUT2D eigenvalue weighted by Gasteiger charge is 2.26. The number of carbonyl (C=O) groups excluding carboxylic acids is 2. The van der Waals surface area contributed by atoms with E-state index in [4.69, 9.17) is 5.73 Å². The van der Waals surface area contributed by atoms with Crippen LogP contribution in [0.15, 0.2) is 24.4 Å². The number of aryl methyl sites for hydroxylation is 2. The fraction of sp³-hybridized carbons (Fsp3) is 0.421. The van der Waals surface area contributed by atoms with Crippen molar-refractivity contribution < 1.29 is 9.59 Å². The first-order valence-corrected chi connectivity index (χ1v) is 8.85. The maximum atomic E-state index is 12.9. The van der Waals surface area contributed by atoms with Crippen molar-refractivity contribution in [1.82, 2.24) is 14.5 Å². The Labute approximate surface area is 146 Å². The standard InChI is InChI=1S/C19H22N4O2/c20-17(24)10-13-4-3-5-14-11-23(9-7-15(13)14)19(25)16-12-22-8-2-1-6-18(22)21-16/h3-5,12H,1-2,6-11H2,(H2,20,24). The Hall–Kier alpha value is -2.63. The van der Waals surface area contributed by atoms with Crippen LogP contribution in [-0.2, 0) is 37.1 Å². The monoisotopic (exact) mass is 338 g/mol. The minimum atomic E-state index is -0.324. The Kier molecular flexibility index (Phi) is 4.03. The molecule has 2 aromatic rings. The van der Waals surface area contributed by atoms with Gasteiger partial charge in [-0.2, -0.15) is 0 Å². The highest BCUT2D eigenvalue weighted by atomic mass is 16.2. The van der Waals surface area contributed by atoms with Gasteiger partial charge in [0.2, 0.25) is 5.91 Å². The summed E-state index contributed by atoms with van der Waals surface area (Å²) in [5.74, 6) is 0.694. The van der Waals surface area contributed by atoms with Gasteiger partial charge in [-0.3, -0.25) is 9.59 Å². The van der Waals surface area contributed by atoms with Crippen LogP contribution in [0.2, 0.25) is 0 Å². The molecule has 25 heavy (non-hydrogen) atoms. The van der Waals surface area contributed by atoms with Crippen LogP contribution < -0.4 is 5.73 Å². The topological polar surface area (TPSA) is 81.2 Å². The molecule has 0 atom stereocenters. The molecular formula is C19H22N4O2. The molecule has 6 nitrogen and oxygen atoms in total. The van der Waals surface area contributed by atoms with E-state index in [0.717, 1.165) is 54.7 Å². The number of carbonyl (C=O) groups is 2. The molecule has 0 spiro atoms. The molecule has 0 saturated carbocycles. The van der Waals surface area contributed by atoms with Crippen molar-refractivity contribution in [3.05, 3.63) is 52.6 Å². The SMILES string of the molecule is NC(=O)Cc1cccc2c1CCN(C(=O)c1cn3c(n1)CCCC3)C2. The Morgan fingerprint density at radius 2 is 2.04 bits per heavy atom. The molecule has 2 aliphatic rings. The fourth-order valence-electron chi connectivity index (χ4n) is 3.89. The predicted octanol–water partition coefficient (Wildman–Crippen LogP) is 1.45. The van der Waals surface area contributed by atoms with Gasteiger partial charge >= 0.3 is 0 Å². The highest BCUT2D eigenvalue weighted by Crippen LogP contribution is 2.24. The second-order valence-corrected chi connectivity index (χ2v) is 6.87. The Morgan fingerprint density at radius 1 is 1.16 bits per heavy atom. The van der Waals surface area contributed by atoms with Gasteiger partial charge in [-0.15, -0.1) is 0 Å². The van der Waals surface area contributed by atoms with E-state index in [0.29, 0.717) is 18.8 Å². The first-order chi connectivity index (χ1) is 12.1. The molecule has 6 heteroatoms. The van der Waals surface area contributed by atoms with Crippen molar-refractivity contribution in [3.8, 4) is 0 Å². The number of primary amides is 1. The summed E-state index contributed by atoms with van der Waals surface area (Å²) in [7, 11) is 0. The van der Waals surface area contributed by atoms with E-state index in [9.17, 15) is 9.59 Å². The van der Waals surface area contributed by atoms with Crippen LogP contribution in [0.3, 0.4) is 0 Å². The third kappa shape index (κ3) is 3.04. The molecule has 3 heterocycles. The lowest BCUT2D eigenvalue weighted by molar-refractivity contribution is -0.117. The summed E-state index contributed by atoms with van der Waals surface area (Å²) in [5, 5.41) is 0. The maximum absolute atomic E-state index is 12.9. The molecular weight excluding hydrogens is 316 g/mol. The van der Waals surface area contributed by atoms with Crippen molar-refractivity contribution >= 4 is 11.8 Å². The van der Waals surface area contributed by atoms with Gasteiger partial charge in [-0.25, -0.2) is 4.98 Å². The number of hydrogen-bond acceptors (Lipinski definition) is 3. The van der Waals surface area contributed by atoms with E-state index in [2.05, 4.69) is 9.55 Å². The largest absolute Gasteiger partial charge is 0.369 e. The minimum absolute atomic E-state index is 0.00662. The van der Waals surface area contributed by atoms with Crippen molar-refractivity contribution in [3.63, 3.8) is 0 Å². The van der Waals surface area contributed by atoms with E-state index >= 15 is 0 Å². The number of nitrogens with zero attached hydrogens (tertiary/aromatic N) is 3. The Balaban J connectivity index is 1.55. The van der Waals surface area contributed by atoms with Gasteiger partial charge in [0.05, 0.1) is 6.42 Å². The quantitative estimate of drug-likeness (QED) is 0.919. The summed E-state index contributed by atoms with van der Waals surface area (Å²) < 4.78 is 2.11. The van der Waals surface area contributed by atoms with Crippen LogP contribution in [0, 0.1) is 0 Å². The van der Waals surface area contributed by atoms with E-state index in [1.807, 2.05) is 29.3 Å². The highest BCUT2D eigenvalue weighted by molar-refractivity contribution is 5.92. The van der Waals surface area contributed by atoms with Crippen LogP contribution in [0.25, 0.3) is 0 Å². The zero-order chi connectivity index (χ0) is 17.4. The molecule has 0 aliphatic carbocycles. The Morgan fingerprint density at radius 3 is 2.84 bits per heavy atom. The molecule has 0 fully saturated rings. The lowest BCUT2D eigenvalue weighted by atomic mass is 9.92. The molecule has 0 unspecified atom stereocenters. The molecule has 1 aromatic carbocycles. The zero-order valence-corrected chi connectivity index (χ0v) is 14.2. The smallest absolute Gasteiger partial charge is 0.274 e. The number of fused-ring (bicyclic) bond motifs is 2. The summed E-state index contributed by atoms with van der Waals surface area (Å²) in [5.41, 5.74) is 9.13. The third-order valence-corrected chi connectivity index (χ3v) is 5.14. The van der Waals surface area contributed by atoms with Gasteiger partial charge in [-0.1, -0.05) is 18.2 Å². The van der Waals surface area contributed by atoms with Crippen LogP contribution in [0.4, 0.5) is 0 Å². The van der Waals surface area contributed by atoms with E-state index in [-0.39, 0.29) is 18.2 Å². The van der Waals surface area contributed by atoms with Gasteiger partial charge in [-0.05, 0) is 36.0 Å². The molecule has 4 rings (SSSR count). The summed E-state index contributed by atoms with van der Waals surface area (Å²) in [4.78, 5) is 30.5. The van der Waals surface area contributed by atoms with Crippen molar-refractivity contribution in [2.45, 2.75) is 45.2 Å². The summed E-state index contributed by atoms with van der Waals surface area (Å²) in [6, 6.07) is 5.91. The van der Waals surface area contributed by atoms with Crippen LogP contribution in [-0.4, -0.2) is 32.8 Å². The average molecular weight is 338 g/mol. The first kappa shape index (κ1) is 15.9. The normalized spacial score (nSPS) is 16.2. The van der Waals surface area contributed by atoms with Crippen molar-refractivity contribution in [1.29, 1.82) is 0 Å². The van der Waals surface area contributed by atoms with Gasteiger partial charge in [0.25, 0.3) is 5.91 Å². The van der Waals surface area contributed by atoms with Gasteiger partial charge in [0.1, 0.15) is 11.5 Å². The molecule has 0 saturated heterocycles. The molecule has 0 radical (unpaired) electrons. The Bertz CT molecular complexity index is 816. The first-order valence-electron chi connectivity index (χ1n) is 8.85. The summed E-state index contributed by atoms with van der Waals surface area (Å²) >= 11 is 0. The maximum Gasteiger partial charge on any atom is 0.274 e. The minimum Gasteiger partial charge on any atom is -0.369 e. The zero-order valence-electron chi connectivity index (χ0n) is 14.2. The van der Waals surface area contributed by atoms with Gasteiger partial charge < -0.3 is 15.2 Å². The second kappa shape index (κ2) is 6.35. The third-order valence-electron chi connectivity index (χ3n) is 5.14. The lowest BCUT2D eigenvalue weighted by Crippen LogP contribution is -2.36. The number of aromatic nitrogens is 2. The molecule has 2 aliphatic heterocycles. The van der Waals surface area contributed by atoms with E-state index in [1.165, 1.54) is 0 Å². The molecule has 2 amide bonds. The van der Waals surface area contributed by atoms with Crippen molar-refractivity contribution in [2.24, 2.45) is 5.73 Å². The average Bonchev–Trinajstić information content (AvgIpc) is 3.04. The number of hydrogen-bond donors (Lipinski definition) is 1. The van der Waals surface area contributed by atoms with Crippen molar-refractivity contribution in [2.75, 3.05) is 6.54 Å². The van der Waals surface area contributed by atoms with Crippen LogP contribution in [0.1, 0.15) is 45.8 Å². The molecule has 2 N–H and O–H groups in total. The number of nitrogens with two attached hydrogens (primary N) is 1. The molecule has 1 aromatic heterocycles. The number of rotatable bonds is 3.